The Morgan fingerprint density at radius 3 is 2.65 bits per heavy atom. The van der Waals surface area contributed by atoms with Gasteiger partial charge in [0.2, 0.25) is 5.91 Å². The van der Waals surface area contributed by atoms with Gasteiger partial charge in [-0.3, -0.25) is 19.7 Å². The maximum atomic E-state index is 12.0. The number of hydrogen-bond donors (Lipinski definition) is 3. The predicted octanol–water partition coefficient (Wildman–Crippen LogP) is 2.91. The van der Waals surface area contributed by atoms with Crippen LogP contribution in [0.1, 0.15) is 43.9 Å². The Morgan fingerprint density at radius 1 is 1.35 bits per heavy atom. The number of rotatable bonds is 6. The van der Waals surface area contributed by atoms with Gasteiger partial charge in [0.15, 0.2) is 4.77 Å². The molecule has 0 bridgehead atoms. The predicted molar refractivity (Wildman–Crippen MR) is 92.1 cm³/mol. The standard InChI is InChI=1S/C16H20N4O2S/c1-3-10(2)11-4-6-12(7-5-11)17-14(21)9-8-13-15(22)18-16(23)20-19-13/h4-7,10H,3,8-9H2,1-2H3,(H,17,21)(H2,18,20,22,23)/t10-/m0/s1. The van der Waals surface area contributed by atoms with Gasteiger partial charge in [-0.1, -0.05) is 26.0 Å². The summed E-state index contributed by atoms with van der Waals surface area (Å²) in [5.41, 5.74) is 1.90. The molecule has 1 heterocycles. The molecule has 1 aromatic carbocycles. The molecule has 3 N–H and O–H groups in total. The summed E-state index contributed by atoms with van der Waals surface area (Å²) < 4.78 is 0.171. The first-order chi connectivity index (χ1) is 11.0. The Bertz CT molecular complexity index is 780. The van der Waals surface area contributed by atoms with E-state index in [-0.39, 0.29) is 34.8 Å². The average molecular weight is 332 g/mol. The molecule has 0 fully saturated rings. The summed E-state index contributed by atoms with van der Waals surface area (Å²) in [7, 11) is 0. The molecule has 122 valence electrons. The zero-order valence-electron chi connectivity index (χ0n) is 13.2. The lowest BCUT2D eigenvalue weighted by Gasteiger charge is -2.10. The molecule has 0 saturated carbocycles. The van der Waals surface area contributed by atoms with E-state index in [0.29, 0.717) is 5.92 Å². The summed E-state index contributed by atoms with van der Waals surface area (Å²) in [6.07, 6.45) is 1.50. The van der Waals surface area contributed by atoms with E-state index in [0.717, 1.165) is 12.1 Å². The Morgan fingerprint density at radius 2 is 2.04 bits per heavy atom. The van der Waals surface area contributed by atoms with E-state index >= 15 is 0 Å². The molecule has 1 aromatic heterocycles. The first kappa shape index (κ1) is 17.1. The summed E-state index contributed by atoms with van der Waals surface area (Å²) in [6.45, 7) is 4.31. The number of carbonyl (C=O) groups is 1. The summed E-state index contributed by atoms with van der Waals surface area (Å²) >= 11 is 4.77. The van der Waals surface area contributed by atoms with Crippen LogP contribution in [0.5, 0.6) is 0 Å². The number of aromatic amines is 2. The summed E-state index contributed by atoms with van der Waals surface area (Å²) in [5, 5.41) is 9.18. The van der Waals surface area contributed by atoms with Gasteiger partial charge in [0.25, 0.3) is 5.56 Å². The van der Waals surface area contributed by atoms with Crippen molar-refractivity contribution in [3.8, 4) is 0 Å². The molecular formula is C16H20N4O2S. The lowest BCUT2D eigenvalue weighted by molar-refractivity contribution is -0.116. The first-order valence-corrected chi connectivity index (χ1v) is 7.98. The van der Waals surface area contributed by atoms with E-state index in [2.05, 4.69) is 34.3 Å². The van der Waals surface area contributed by atoms with Gasteiger partial charge in [-0.15, -0.1) is 0 Å². The van der Waals surface area contributed by atoms with E-state index in [1.54, 1.807) is 0 Å². The molecule has 0 aliphatic carbocycles. The number of benzene rings is 1. The van der Waals surface area contributed by atoms with Crippen LogP contribution in [0.2, 0.25) is 0 Å². The van der Waals surface area contributed by atoms with Crippen LogP contribution in [-0.4, -0.2) is 21.1 Å². The van der Waals surface area contributed by atoms with E-state index < -0.39 is 0 Å². The van der Waals surface area contributed by atoms with E-state index in [9.17, 15) is 9.59 Å². The summed E-state index contributed by atoms with van der Waals surface area (Å²) in [4.78, 5) is 26.0. The Balaban J connectivity index is 1.92. The highest BCUT2D eigenvalue weighted by Crippen LogP contribution is 2.20. The van der Waals surface area contributed by atoms with Gasteiger partial charge in [0, 0.05) is 18.5 Å². The van der Waals surface area contributed by atoms with Gasteiger partial charge in [-0.25, -0.2) is 0 Å². The molecular weight excluding hydrogens is 312 g/mol. The zero-order chi connectivity index (χ0) is 16.8. The average Bonchev–Trinajstić information content (AvgIpc) is 2.54. The fourth-order valence-corrected chi connectivity index (χ4v) is 2.27. The fourth-order valence-electron chi connectivity index (χ4n) is 2.13. The van der Waals surface area contributed by atoms with Crippen LogP contribution >= 0.6 is 12.2 Å². The van der Waals surface area contributed by atoms with Crippen molar-refractivity contribution in [2.45, 2.75) is 39.0 Å². The van der Waals surface area contributed by atoms with Crippen LogP contribution in [0, 0.1) is 4.77 Å². The van der Waals surface area contributed by atoms with Crippen LogP contribution in [-0.2, 0) is 11.2 Å². The van der Waals surface area contributed by atoms with Gasteiger partial charge >= 0.3 is 0 Å². The van der Waals surface area contributed by atoms with Crippen molar-refractivity contribution in [3.05, 3.63) is 50.6 Å². The van der Waals surface area contributed by atoms with Gasteiger partial charge in [0.05, 0.1) is 0 Å². The van der Waals surface area contributed by atoms with Crippen molar-refractivity contribution >= 4 is 23.8 Å². The Labute approximate surface area is 139 Å². The lowest BCUT2D eigenvalue weighted by atomic mass is 9.99. The van der Waals surface area contributed by atoms with Crippen LogP contribution in [0.3, 0.4) is 0 Å². The van der Waals surface area contributed by atoms with E-state index in [1.165, 1.54) is 5.56 Å². The molecule has 23 heavy (non-hydrogen) atoms. The second-order valence-corrected chi connectivity index (χ2v) is 5.84. The number of nitrogens with zero attached hydrogens (tertiary/aromatic N) is 1. The van der Waals surface area contributed by atoms with Crippen molar-refractivity contribution in [3.63, 3.8) is 0 Å². The molecule has 0 aliphatic heterocycles. The van der Waals surface area contributed by atoms with Crippen molar-refractivity contribution in [2.75, 3.05) is 5.32 Å². The number of aromatic nitrogens is 3. The second kappa shape index (κ2) is 7.82. The molecule has 1 atom stereocenters. The highest BCUT2D eigenvalue weighted by Gasteiger charge is 2.08. The minimum absolute atomic E-state index is 0.162. The van der Waals surface area contributed by atoms with Gasteiger partial charge in [-0.2, -0.15) is 5.10 Å². The SMILES string of the molecule is CC[C@H](C)c1ccc(NC(=O)CCc2n[nH]c(=S)[nH]c2=O)cc1. The highest BCUT2D eigenvalue weighted by molar-refractivity contribution is 7.71. The minimum atomic E-state index is -0.362. The van der Waals surface area contributed by atoms with Crippen molar-refractivity contribution in [2.24, 2.45) is 0 Å². The topological polar surface area (TPSA) is 90.6 Å². The lowest BCUT2D eigenvalue weighted by Crippen LogP contribution is -2.19. The number of H-pyrrole nitrogens is 2. The molecule has 0 saturated heterocycles. The minimum Gasteiger partial charge on any atom is -0.326 e. The number of amides is 1. The second-order valence-electron chi connectivity index (χ2n) is 5.43. The Kier molecular flexibility index (Phi) is 5.81. The fraction of sp³-hybridized carbons (Fsp3) is 0.375. The van der Waals surface area contributed by atoms with Crippen molar-refractivity contribution in [1.29, 1.82) is 0 Å². The van der Waals surface area contributed by atoms with Gasteiger partial charge < -0.3 is 5.32 Å². The van der Waals surface area contributed by atoms with Gasteiger partial charge in [0.1, 0.15) is 5.69 Å². The molecule has 7 heteroatoms. The molecule has 0 aliphatic rings. The van der Waals surface area contributed by atoms with Gasteiger partial charge in [-0.05, 0) is 42.3 Å². The van der Waals surface area contributed by atoms with Crippen LogP contribution in [0.15, 0.2) is 29.1 Å². The number of carbonyl (C=O) groups excluding carboxylic acids is 1. The van der Waals surface area contributed by atoms with Crippen molar-refractivity contribution in [1.82, 2.24) is 15.2 Å². The third kappa shape index (κ3) is 4.85. The van der Waals surface area contributed by atoms with Crippen molar-refractivity contribution < 1.29 is 4.79 Å². The molecule has 0 radical (unpaired) electrons. The number of anilines is 1. The van der Waals surface area contributed by atoms with E-state index in [4.69, 9.17) is 12.2 Å². The normalized spacial score (nSPS) is 11.9. The third-order valence-corrected chi connectivity index (χ3v) is 3.94. The number of aryl methyl sites for hydroxylation is 1. The smallest absolute Gasteiger partial charge is 0.273 e. The molecule has 2 rings (SSSR count). The van der Waals surface area contributed by atoms with Crippen LogP contribution < -0.4 is 10.9 Å². The number of nitrogens with one attached hydrogen (secondary N) is 3. The maximum Gasteiger partial charge on any atom is 0.273 e. The molecule has 1 amide bonds. The molecule has 0 unspecified atom stereocenters. The summed E-state index contributed by atoms with van der Waals surface area (Å²) in [6, 6.07) is 7.83. The highest BCUT2D eigenvalue weighted by atomic mass is 32.1. The third-order valence-electron chi connectivity index (χ3n) is 3.75. The molecule has 0 spiro atoms. The first-order valence-electron chi connectivity index (χ1n) is 7.57. The number of hydrogen-bond acceptors (Lipinski definition) is 4. The summed E-state index contributed by atoms with van der Waals surface area (Å²) in [5.74, 6) is 0.339. The maximum absolute atomic E-state index is 12.0. The zero-order valence-corrected chi connectivity index (χ0v) is 14.0. The molecule has 6 nitrogen and oxygen atoms in total. The quantitative estimate of drug-likeness (QED) is 0.709. The molecule has 2 aromatic rings. The Hall–Kier alpha value is -2.28. The van der Waals surface area contributed by atoms with E-state index in [1.807, 2.05) is 24.3 Å². The largest absolute Gasteiger partial charge is 0.326 e. The monoisotopic (exact) mass is 332 g/mol. The van der Waals surface area contributed by atoms with Crippen LogP contribution in [0.25, 0.3) is 0 Å². The van der Waals surface area contributed by atoms with Crippen LogP contribution in [0.4, 0.5) is 5.69 Å².